The molecule has 0 amide bonds. The molecule has 3 nitrogen and oxygen atoms in total. The van der Waals surface area contributed by atoms with Crippen LogP contribution in [-0.2, 0) is 6.54 Å². The molecule has 1 saturated heterocycles. The average Bonchev–Trinajstić information content (AvgIpc) is 2.89. The van der Waals surface area contributed by atoms with Crippen LogP contribution < -0.4 is 5.32 Å². The maximum Gasteiger partial charge on any atom is 0.193 e. The van der Waals surface area contributed by atoms with Crippen LogP contribution in [0.2, 0.25) is 5.22 Å². The Bertz CT molecular complexity index is 321. The van der Waals surface area contributed by atoms with E-state index in [4.69, 9.17) is 16.0 Å². The summed E-state index contributed by atoms with van der Waals surface area (Å²) in [6.07, 6.45) is 2.69. The Labute approximate surface area is 102 Å². The predicted molar refractivity (Wildman–Crippen MR) is 65.7 cm³/mol. The third-order valence-electron chi connectivity index (χ3n) is 3.13. The molecule has 0 saturated carbocycles. The summed E-state index contributed by atoms with van der Waals surface area (Å²) < 4.78 is 5.28. The fraction of sp³-hybridized carbons (Fsp3) is 0.667. The maximum atomic E-state index is 5.70. The first-order valence-electron chi connectivity index (χ1n) is 5.94. The molecule has 1 fully saturated rings. The quantitative estimate of drug-likeness (QED) is 0.860. The minimum absolute atomic E-state index is 0.462. The number of nitrogens with zero attached hydrogens (tertiary/aromatic N) is 1. The molecular weight excluding hydrogens is 224 g/mol. The third kappa shape index (κ3) is 3.24. The Morgan fingerprint density at radius 2 is 2.19 bits per heavy atom. The fourth-order valence-electron chi connectivity index (χ4n) is 2.16. The highest BCUT2D eigenvalue weighted by molar-refractivity contribution is 6.28. The van der Waals surface area contributed by atoms with E-state index >= 15 is 0 Å². The van der Waals surface area contributed by atoms with Crippen LogP contribution in [0.15, 0.2) is 16.5 Å². The first-order valence-corrected chi connectivity index (χ1v) is 6.32. The van der Waals surface area contributed by atoms with Gasteiger partial charge in [0.25, 0.3) is 0 Å². The molecule has 0 radical (unpaired) electrons. The van der Waals surface area contributed by atoms with E-state index in [0.717, 1.165) is 18.8 Å². The van der Waals surface area contributed by atoms with Gasteiger partial charge in [-0.2, -0.15) is 0 Å². The smallest absolute Gasteiger partial charge is 0.193 e. The van der Waals surface area contributed by atoms with E-state index in [0.29, 0.717) is 11.3 Å². The monoisotopic (exact) mass is 242 g/mol. The van der Waals surface area contributed by atoms with Crippen molar-refractivity contribution in [2.75, 3.05) is 19.6 Å². The van der Waals surface area contributed by atoms with Crippen LogP contribution in [-0.4, -0.2) is 30.6 Å². The zero-order valence-electron chi connectivity index (χ0n) is 9.71. The second-order valence-corrected chi connectivity index (χ2v) is 4.80. The Balaban J connectivity index is 1.67. The van der Waals surface area contributed by atoms with Crippen LogP contribution in [0.25, 0.3) is 0 Å². The van der Waals surface area contributed by atoms with Gasteiger partial charge in [-0.3, -0.25) is 4.90 Å². The van der Waals surface area contributed by atoms with Crippen molar-refractivity contribution in [1.82, 2.24) is 10.2 Å². The fourth-order valence-corrected chi connectivity index (χ4v) is 2.32. The van der Waals surface area contributed by atoms with Crippen molar-refractivity contribution in [2.24, 2.45) is 0 Å². The van der Waals surface area contributed by atoms with Crippen molar-refractivity contribution in [3.05, 3.63) is 23.1 Å². The molecule has 0 aromatic carbocycles. The molecule has 2 heterocycles. The molecule has 0 aliphatic carbocycles. The summed E-state index contributed by atoms with van der Waals surface area (Å²) >= 11 is 5.70. The Kier molecular flexibility index (Phi) is 4.27. The molecule has 1 aliphatic heterocycles. The molecular formula is C12H19ClN2O. The average molecular weight is 243 g/mol. The van der Waals surface area contributed by atoms with Crippen LogP contribution >= 0.6 is 11.6 Å². The Morgan fingerprint density at radius 3 is 2.81 bits per heavy atom. The van der Waals surface area contributed by atoms with E-state index < -0.39 is 0 Å². The zero-order chi connectivity index (χ0) is 11.4. The molecule has 1 aliphatic rings. The SMILES string of the molecule is CC(CNCc1ccc(Cl)o1)N1CCCC1. The maximum absolute atomic E-state index is 5.70. The Hall–Kier alpha value is -0.510. The van der Waals surface area contributed by atoms with Gasteiger partial charge in [-0.1, -0.05) is 0 Å². The second-order valence-electron chi connectivity index (χ2n) is 4.43. The predicted octanol–water partition coefficient (Wildman–Crippen LogP) is 2.51. The highest BCUT2D eigenvalue weighted by atomic mass is 35.5. The lowest BCUT2D eigenvalue weighted by atomic mass is 10.3. The number of furan rings is 1. The van der Waals surface area contributed by atoms with E-state index in [1.807, 2.05) is 6.07 Å². The van der Waals surface area contributed by atoms with Crippen LogP contribution in [0.5, 0.6) is 0 Å². The molecule has 1 unspecified atom stereocenters. The van der Waals surface area contributed by atoms with Gasteiger partial charge in [-0.05, 0) is 56.6 Å². The molecule has 0 bridgehead atoms. The van der Waals surface area contributed by atoms with Gasteiger partial charge in [0.2, 0.25) is 0 Å². The first kappa shape index (κ1) is 12.0. The minimum Gasteiger partial charge on any atom is -0.448 e. The Morgan fingerprint density at radius 1 is 1.44 bits per heavy atom. The van der Waals surface area contributed by atoms with Crippen LogP contribution in [0.4, 0.5) is 0 Å². The summed E-state index contributed by atoms with van der Waals surface area (Å²) in [6, 6.07) is 4.30. The van der Waals surface area contributed by atoms with Gasteiger partial charge in [0.1, 0.15) is 5.76 Å². The highest BCUT2D eigenvalue weighted by Gasteiger charge is 2.17. The molecule has 4 heteroatoms. The lowest BCUT2D eigenvalue weighted by Gasteiger charge is -2.23. The van der Waals surface area contributed by atoms with E-state index in [-0.39, 0.29) is 0 Å². The van der Waals surface area contributed by atoms with Gasteiger partial charge in [0, 0.05) is 12.6 Å². The molecule has 1 N–H and O–H groups in total. The van der Waals surface area contributed by atoms with E-state index in [1.54, 1.807) is 6.07 Å². The van der Waals surface area contributed by atoms with Crippen molar-refractivity contribution in [2.45, 2.75) is 32.4 Å². The summed E-state index contributed by atoms with van der Waals surface area (Å²) in [6.45, 7) is 6.52. The van der Waals surface area contributed by atoms with Crippen molar-refractivity contribution >= 4 is 11.6 Å². The molecule has 2 rings (SSSR count). The highest BCUT2D eigenvalue weighted by Crippen LogP contribution is 2.13. The summed E-state index contributed by atoms with van der Waals surface area (Å²) in [5, 5.41) is 3.86. The zero-order valence-corrected chi connectivity index (χ0v) is 10.5. The third-order valence-corrected chi connectivity index (χ3v) is 3.33. The summed E-state index contributed by atoms with van der Waals surface area (Å²) in [5.74, 6) is 0.902. The number of hydrogen-bond acceptors (Lipinski definition) is 3. The molecule has 1 aromatic rings. The van der Waals surface area contributed by atoms with E-state index in [2.05, 4.69) is 17.1 Å². The number of hydrogen-bond donors (Lipinski definition) is 1. The van der Waals surface area contributed by atoms with Crippen LogP contribution in [0.1, 0.15) is 25.5 Å². The first-order chi connectivity index (χ1) is 7.75. The molecule has 1 atom stereocenters. The van der Waals surface area contributed by atoms with Gasteiger partial charge < -0.3 is 9.73 Å². The van der Waals surface area contributed by atoms with Gasteiger partial charge in [0.05, 0.1) is 6.54 Å². The van der Waals surface area contributed by atoms with Crippen molar-refractivity contribution in [3.8, 4) is 0 Å². The summed E-state index contributed by atoms with van der Waals surface area (Å²) in [4.78, 5) is 2.53. The summed E-state index contributed by atoms with van der Waals surface area (Å²) in [7, 11) is 0. The molecule has 16 heavy (non-hydrogen) atoms. The van der Waals surface area contributed by atoms with Gasteiger partial charge >= 0.3 is 0 Å². The molecule has 1 aromatic heterocycles. The lowest BCUT2D eigenvalue weighted by Crippen LogP contribution is -2.38. The van der Waals surface area contributed by atoms with Crippen molar-refractivity contribution in [1.29, 1.82) is 0 Å². The van der Waals surface area contributed by atoms with Gasteiger partial charge in [-0.25, -0.2) is 0 Å². The normalized spacial score (nSPS) is 19.1. The minimum atomic E-state index is 0.462. The lowest BCUT2D eigenvalue weighted by molar-refractivity contribution is 0.250. The number of halogens is 1. The number of rotatable bonds is 5. The largest absolute Gasteiger partial charge is 0.448 e. The van der Waals surface area contributed by atoms with Crippen LogP contribution in [0.3, 0.4) is 0 Å². The second kappa shape index (κ2) is 5.71. The van der Waals surface area contributed by atoms with Gasteiger partial charge in [0.15, 0.2) is 5.22 Å². The van der Waals surface area contributed by atoms with E-state index in [9.17, 15) is 0 Å². The van der Waals surface area contributed by atoms with E-state index in [1.165, 1.54) is 25.9 Å². The number of likely N-dealkylation sites (tertiary alicyclic amines) is 1. The summed E-state index contributed by atoms with van der Waals surface area (Å²) in [5.41, 5.74) is 0. The van der Waals surface area contributed by atoms with Crippen molar-refractivity contribution in [3.63, 3.8) is 0 Å². The molecule has 90 valence electrons. The topological polar surface area (TPSA) is 28.4 Å². The molecule has 0 spiro atoms. The number of nitrogens with one attached hydrogen (secondary N) is 1. The van der Waals surface area contributed by atoms with Crippen molar-refractivity contribution < 1.29 is 4.42 Å². The van der Waals surface area contributed by atoms with Crippen LogP contribution in [0, 0.1) is 0 Å². The standard InChI is InChI=1S/C12H19ClN2O/c1-10(15-6-2-3-7-15)8-14-9-11-4-5-12(13)16-11/h4-5,10,14H,2-3,6-9H2,1H3. The van der Waals surface area contributed by atoms with Gasteiger partial charge in [-0.15, -0.1) is 0 Å².